The minimum atomic E-state index is -1.58. The molecule has 1 fully saturated rings. The molecule has 5 atom stereocenters. The molecule has 33 heavy (non-hydrogen) atoms. The van der Waals surface area contributed by atoms with Gasteiger partial charge in [-0.25, -0.2) is 0 Å². The van der Waals surface area contributed by atoms with Crippen LogP contribution in [0.3, 0.4) is 0 Å². The molecule has 2 heterocycles. The molecule has 0 saturated carbocycles. The highest BCUT2D eigenvalue weighted by Gasteiger charge is 2.43. The van der Waals surface area contributed by atoms with Crippen LogP contribution in [0.5, 0.6) is 23.0 Å². The van der Waals surface area contributed by atoms with Gasteiger partial charge >= 0.3 is 0 Å². The van der Waals surface area contributed by atoms with Gasteiger partial charge in [0.05, 0.1) is 25.9 Å². The van der Waals surface area contributed by atoms with Gasteiger partial charge < -0.3 is 43.8 Å². The van der Waals surface area contributed by atoms with Crippen LogP contribution in [0.15, 0.2) is 45.8 Å². The number of ether oxygens (including phenoxy) is 4. The largest absolute Gasteiger partial charge is 0.504 e. The van der Waals surface area contributed by atoms with Crippen molar-refractivity contribution in [3.63, 3.8) is 0 Å². The summed E-state index contributed by atoms with van der Waals surface area (Å²) in [5, 5.41) is 40.8. The third kappa shape index (κ3) is 3.98. The molecule has 0 bridgehead atoms. The fraction of sp³-hybridized carbons (Fsp3) is 0.348. The zero-order chi connectivity index (χ0) is 23.9. The summed E-state index contributed by atoms with van der Waals surface area (Å²) in [7, 11) is 2.80. The fourth-order valence-electron chi connectivity index (χ4n) is 3.72. The Morgan fingerprint density at radius 2 is 1.67 bits per heavy atom. The van der Waals surface area contributed by atoms with E-state index in [0.717, 1.165) is 0 Å². The first-order chi connectivity index (χ1) is 15.8. The van der Waals surface area contributed by atoms with Gasteiger partial charge in [-0.3, -0.25) is 4.79 Å². The van der Waals surface area contributed by atoms with E-state index in [1.807, 2.05) is 0 Å². The first-order valence-electron chi connectivity index (χ1n) is 10.1. The molecule has 0 aliphatic carbocycles. The maximum atomic E-state index is 13.2. The molecular formula is C23H24O10. The summed E-state index contributed by atoms with van der Waals surface area (Å²) in [6.07, 6.45) is -5.35. The second kappa shape index (κ2) is 8.91. The Balaban J connectivity index is 1.76. The molecule has 176 valence electrons. The lowest BCUT2D eigenvalue weighted by molar-refractivity contribution is -0.268. The molecule has 10 heteroatoms. The smallest absolute Gasteiger partial charge is 0.229 e. The molecule has 1 aliphatic rings. The van der Waals surface area contributed by atoms with Crippen LogP contribution in [0.2, 0.25) is 0 Å². The van der Waals surface area contributed by atoms with Gasteiger partial charge in [-0.05, 0) is 24.6 Å². The quantitative estimate of drug-likeness (QED) is 0.440. The Kier molecular flexibility index (Phi) is 6.17. The van der Waals surface area contributed by atoms with Crippen molar-refractivity contribution in [3.8, 4) is 34.1 Å². The summed E-state index contributed by atoms with van der Waals surface area (Å²) in [6.45, 7) is 1.50. The Hall–Kier alpha value is -3.31. The Labute approximate surface area is 188 Å². The number of phenolic OH excluding ortho intramolecular Hbond substituents is 1. The average molecular weight is 460 g/mol. The van der Waals surface area contributed by atoms with Crippen molar-refractivity contribution in [3.05, 3.63) is 46.8 Å². The molecule has 3 aromatic rings. The fourth-order valence-corrected chi connectivity index (χ4v) is 3.72. The minimum Gasteiger partial charge on any atom is -0.504 e. The van der Waals surface area contributed by atoms with Gasteiger partial charge in [0, 0.05) is 6.07 Å². The highest BCUT2D eigenvalue weighted by molar-refractivity contribution is 5.91. The van der Waals surface area contributed by atoms with E-state index in [1.54, 1.807) is 24.3 Å². The zero-order valence-corrected chi connectivity index (χ0v) is 18.1. The van der Waals surface area contributed by atoms with Crippen molar-refractivity contribution < 1.29 is 43.8 Å². The number of aromatic hydroxyl groups is 1. The third-order valence-corrected chi connectivity index (χ3v) is 5.62. The number of hydrogen-bond acceptors (Lipinski definition) is 10. The maximum Gasteiger partial charge on any atom is 0.229 e. The van der Waals surface area contributed by atoms with Crippen LogP contribution in [0.4, 0.5) is 0 Å². The monoisotopic (exact) mass is 460 g/mol. The molecule has 0 unspecified atom stereocenters. The van der Waals surface area contributed by atoms with Gasteiger partial charge in [-0.2, -0.15) is 0 Å². The molecule has 1 saturated heterocycles. The Bertz CT molecular complexity index is 1200. The number of phenols is 1. The van der Waals surface area contributed by atoms with Gasteiger partial charge in [0.25, 0.3) is 0 Å². The van der Waals surface area contributed by atoms with E-state index in [4.69, 9.17) is 23.4 Å². The van der Waals surface area contributed by atoms with Gasteiger partial charge in [0.2, 0.25) is 17.5 Å². The summed E-state index contributed by atoms with van der Waals surface area (Å²) in [6, 6.07) is 8.07. The summed E-state index contributed by atoms with van der Waals surface area (Å²) in [5.41, 5.74) is 0.285. The first-order valence-corrected chi connectivity index (χ1v) is 10.1. The lowest BCUT2D eigenvalue weighted by atomic mass is 10.00. The van der Waals surface area contributed by atoms with E-state index in [2.05, 4.69) is 0 Å². The molecule has 10 nitrogen and oxygen atoms in total. The topological polar surface area (TPSA) is 148 Å². The highest BCUT2D eigenvalue weighted by Crippen LogP contribution is 2.43. The number of fused-ring (bicyclic) bond motifs is 1. The summed E-state index contributed by atoms with van der Waals surface area (Å²) < 4.78 is 27.1. The van der Waals surface area contributed by atoms with E-state index in [1.165, 1.54) is 33.5 Å². The van der Waals surface area contributed by atoms with Crippen LogP contribution in [-0.2, 0) is 4.74 Å². The molecule has 0 radical (unpaired) electrons. The second-order valence-electron chi connectivity index (χ2n) is 7.64. The van der Waals surface area contributed by atoms with E-state index >= 15 is 0 Å². The van der Waals surface area contributed by atoms with Crippen molar-refractivity contribution in [2.45, 2.75) is 37.6 Å². The number of hydrogen-bond donors (Lipinski definition) is 4. The average Bonchev–Trinajstić information content (AvgIpc) is 2.81. The van der Waals surface area contributed by atoms with E-state index < -0.39 is 41.9 Å². The van der Waals surface area contributed by atoms with Gasteiger partial charge in [0.15, 0.2) is 11.5 Å². The lowest BCUT2D eigenvalue weighted by Crippen LogP contribution is -2.58. The number of methoxy groups -OCH3 is 2. The number of benzene rings is 2. The van der Waals surface area contributed by atoms with Crippen LogP contribution < -0.4 is 19.6 Å². The Morgan fingerprint density at radius 3 is 2.30 bits per heavy atom. The van der Waals surface area contributed by atoms with Crippen LogP contribution in [0.25, 0.3) is 22.1 Å². The van der Waals surface area contributed by atoms with Crippen molar-refractivity contribution >= 4 is 11.0 Å². The SMILES string of the molecule is COc1ccc(-c2coc3cc(O[C@@H]4O[C@@H](C)[C@H](O)[C@@H](O)[C@H]4O)c(OC)c(O)c3c2=O)cc1. The van der Waals surface area contributed by atoms with E-state index in [0.29, 0.717) is 11.3 Å². The van der Waals surface area contributed by atoms with Gasteiger partial charge in [0.1, 0.15) is 41.3 Å². The molecule has 4 N–H and O–H groups in total. The molecule has 1 aromatic heterocycles. The zero-order valence-electron chi connectivity index (χ0n) is 18.1. The molecule has 2 aromatic carbocycles. The summed E-state index contributed by atoms with van der Waals surface area (Å²) in [4.78, 5) is 13.2. The normalized spacial score (nSPS) is 25.1. The summed E-state index contributed by atoms with van der Waals surface area (Å²) >= 11 is 0. The molecular weight excluding hydrogens is 436 g/mol. The molecule has 4 rings (SSSR count). The van der Waals surface area contributed by atoms with Crippen LogP contribution in [0.1, 0.15) is 6.92 Å². The third-order valence-electron chi connectivity index (χ3n) is 5.62. The van der Waals surface area contributed by atoms with Crippen molar-refractivity contribution in [1.29, 1.82) is 0 Å². The Morgan fingerprint density at radius 1 is 0.970 bits per heavy atom. The van der Waals surface area contributed by atoms with Gasteiger partial charge in [-0.15, -0.1) is 0 Å². The minimum absolute atomic E-state index is 0.00416. The first kappa shape index (κ1) is 22.9. The molecule has 0 amide bonds. The van der Waals surface area contributed by atoms with E-state index in [9.17, 15) is 25.2 Å². The van der Waals surface area contributed by atoms with Crippen LogP contribution >= 0.6 is 0 Å². The number of rotatable bonds is 5. The number of aliphatic hydroxyl groups excluding tert-OH is 3. The summed E-state index contributed by atoms with van der Waals surface area (Å²) in [5.74, 6) is -0.184. The van der Waals surface area contributed by atoms with Crippen LogP contribution in [-0.4, -0.2) is 65.4 Å². The standard InChI is InChI=1S/C23H24O10/c1-10-17(24)20(27)21(28)23(32-10)33-15-8-14-16(19(26)22(15)30-3)18(25)13(9-31-14)11-4-6-12(29-2)7-5-11/h4-10,17,20-21,23-24,26-28H,1-3H3/t10-,17-,20+,21+,23-/m0/s1. The van der Waals surface area contributed by atoms with Crippen molar-refractivity contribution in [1.82, 2.24) is 0 Å². The molecule has 1 aliphatic heterocycles. The predicted octanol–water partition coefficient (Wildman–Crippen LogP) is 1.39. The molecule has 0 spiro atoms. The van der Waals surface area contributed by atoms with Crippen molar-refractivity contribution in [2.75, 3.05) is 14.2 Å². The second-order valence-corrected chi connectivity index (χ2v) is 7.64. The van der Waals surface area contributed by atoms with E-state index in [-0.39, 0.29) is 28.0 Å². The van der Waals surface area contributed by atoms with Crippen molar-refractivity contribution in [2.24, 2.45) is 0 Å². The van der Waals surface area contributed by atoms with Crippen LogP contribution in [0, 0.1) is 0 Å². The highest BCUT2D eigenvalue weighted by atomic mass is 16.7. The lowest BCUT2D eigenvalue weighted by Gasteiger charge is -2.39. The predicted molar refractivity (Wildman–Crippen MR) is 116 cm³/mol. The van der Waals surface area contributed by atoms with Gasteiger partial charge in [-0.1, -0.05) is 12.1 Å². The maximum absolute atomic E-state index is 13.2. The number of aliphatic hydroxyl groups is 3.